The van der Waals surface area contributed by atoms with Crippen LogP contribution in [0.25, 0.3) is 0 Å². The Balaban J connectivity index is 1.79. The van der Waals surface area contributed by atoms with Gasteiger partial charge in [0.2, 0.25) is 0 Å². The van der Waals surface area contributed by atoms with Gasteiger partial charge in [-0.05, 0) is 36.6 Å². The molecule has 0 aromatic heterocycles. The fourth-order valence-electron chi connectivity index (χ4n) is 3.49. The summed E-state index contributed by atoms with van der Waals surface area (Å²) in [5, 5.41) is 0. The van der Waals surface area contributed by atoms with Crippen LogP contribution in [0.5, 0.6) is 0 Å². The molecule has 3 atom stereocenters. The lowest BCUT2D eigenvalue weighted by Gasteiger charge is -2.33. The first-order chi connectivity index (χ1) is 9.45. The zero-order valence-electron chi connectivity index (χ0n) is 13.1. The second-order valence-corrected chi connectivity index (χ2v) is 7.46. The van der Waals surface area contributed by atoms with Gasteiger partial charge in [0, 0.05) is 18.5 Å². The Bertz CT molecular complexity index is 460. The van der Waals surface area contributed by atoms with E-state index in [1.807, 2.05) is 0 Å². The summed E-state index contributed by atoms with van der Waals surface area (Å²) in [5.41, 5.74) is 10.1. The number of fused-ring (bicyclic) bond motifs is 1. The van der Waals surface area contributed by atoms with E-state index in [1.54, 1.807) is 0 Å². The Labute approximate surface area is 122 Å². The minimum atomic E-state index is 0.230. The Morgan fingerprint density at radius 1 is 1.10 bits per heavy atom. The molecule has 3 heteroatoms. The Morgan fingerprint density at radius 3 is 2.45 bits per heavy atom. The van der Waals surface area contributed by atoms with E-state index in [4.69, 9.17) is 0 Å². The third-order valence-corrected chi connectivity index (χ3v) is 4.85. The van der Waals surface area contributed by atoms with Crippen LogP contribution in [-0.2, 0) is 5.41 Å². The molecular weight excluding hydrogens is 246 g/mol. The Morgan fingerprint density at radius 2 is 1.80 bits per heavy atom. The number of nitrogens with one attached hydrogen (secondary N) is 2. The highest BCUT2D eigenvalue weighted by atomic mass is 15.4. The number of nitrogens with zero attached hydrogens (tertiary/aromatic N) is 1. The summed E-state index contributed by atoms with van der Waals surface area (Å²) in [6, 6.07) is 10.2. The molecule has 110 valence electrons. The molecule has 0 saturated carbocycles. The van der Waals surface area contributed by atoms with Crippen molar-refractivity contribution in [1.82, 2.24) is 15.8 Å². The van der Waals surface area contributed by atoms with Gasteiger partial charge in [-0.1, -0.05) is 45.0 Å². The number of hydrogen-bond acceptors (Lipinski definition) is 3. The predicted molar refractivity (Wildman–Crippen MR) is 83.5 cm³/mol. The molecule has 0 spiro atoms. The normalized spacial score (nSPS) is 31.3. The van der Waals surface area contributed by atoms with Crippen molar-refractivity contribution in [2.45, 2.75) is 44.7 Å². The highest BCUT2D eigenvalue weighted by Gasteiger charge is 2.39. The molecule has 2 fully saturated rings. The smallest absolute Gasteiger partial charge is 0.0518 e. The van der Waals surface area contributed by atoms with Crippen molar-refractivity contribution in [2.75, 3.05) is 20.1 Å². The molecule has 0 radical (unpaired) electrons. The molecule has 3 nitrogen and oxygen atoms in total. The monoisotopic (exact) mass is 273 g/mol. The topological polar surface area (TPSA) is 27.3 Å². The summed E-state index contributed by atoms with van der Waals surface area (Å²) >= 11 is 0. The summed E-state index contributed by atoms with van der Waals surface area (Å²) in [6.07, 6.45) is 1.24. The molecular formula is C17H27N3. The lowest BCUT2D eigenvalue weighted by molar-refractivity contribution is 0.185. The Hall–Kier alpha value is -0.900. The van der Waals surface area contributed by atoms with Crippen molar-refractivity contribution in [1.29, 1.82) is 0 Å². The van der Waals surface area contributed by atoms with Crippen molar-refractivity contribution >= 4 is 0 Å². The number of likely N-dealkylation sites (tertiary alicyclic amines) is 1. The van der Waals surface area contributed by atoms with Gasteiger partial charge in [0.15, 0.2) is 0 Å². The largest absolute Gasteiger partial charge is 0.306 e. The fraction of sp³-hybridized carbons (Fsp3) is 0.647. The molecule has 0 amide bonds. The van der Waals surface area contributed by atoms with Gasteiger partial charge in [0.1, 0.15) is 0 Å². The zero-order valence-corrected chi connectivity index (χ0v) is 13.1. The van der Waals surface area contributed by atoms with Crippen LogP contribution in [0.3, 0.4) is 0 Å². The van der Waals surface area contributed by atoms with Crippen molar-refractivity contribution in [3.8, 4) is 0 Å². The molecule has 3 rings (SSSR count). The van der Waals surface area contributed by atoms with Crippen LogP contribution in [0.2, 0.25) is 0 Å². The maximum atomic E-state index is 3.52. The number of piperidine rings is 1. The zero-order chi connectivity index (χ0) is 14.3. The molecule has 3 unspecified atom stereocenters. The van der Waals surface area contributed by atoms with Gasteiger partial charge in [0.25, 0.3) is 0 Å². The highest BCUT2D eigenvalue weighted by Crippen LogP contribution is 2.34. The van der Waals surface area contributed by atoms with Crippen LogP contribution in [0.15, 0.2) is 24.3 Å². The van der Waals surface area contributed by atoms with Crippen LogP contribution in [-0.4, -0.2) is 31.1 Å². The molecule has 2 heterocycles. The van der Waals surface area contributed by atoms with Crippen molar-refractivity contribution in [2.24, 2.45) is 5.92 Å². The third-order valence-electron chi connectivity index (χ3n) is 4.85. The SMILES string of the molecule is CN1CCC2NNC(c3ccc(C(C)(C)C)cc3)C2C1. The first kappa shape index (κ1) is 14.1. The summed E-state index contributed by atoms with van der Waals surface area (Å²) in [7, 11) is 2.23. The number of rotatable bonds is 1. The van der Waals surface area contributed by atoms with Crippen molar-refractivity contribution in [3.63, 3.8) is 0 Å². The molecule has 2 aliphatic rings. The molecule has 2 aliphatic heterocycles. The van der Waals surface area contributed by atoms with Gasteiger partial charge in [-0.15, -0.1) is 0 Å². The average Bonchev–Trinajstić information content (AvgIpc) is 2.81. The molecule has 20 heavy (non-hydrogen) atoms. The fourth-order valence-corrected chi connectivity index (χ4v) is 3.49. The maximum Gasteiger partial charge on any atom is 0.0518 e. The standard InChI is InChI=1S/C17H27N3/c1-17(2,3)13-7-5-12(6-8-13)16-14-11-20(4)10-9-15(14)18-19-16/h5-8,14-16,18-19H,9-11H2,1-4H3. The van der Waals surface area contributed by atoms with Crippen LogP contribution in [0.1, 0.15) is 44.4 Å². The molecule has 2 saturated heterocycles. The molecule has 1 aromatic carbocycles. The van der Waals surface area contributed by atoms with Gasteiger partial charge in [0.05, 0.1) is 6.04 Å². The minimum absolute atomic E-state index is 0.230. The van der Waals surface area contributed by atoms with Gasteiger partial charge in [-0.3, -0.25) is 5.43 Å². The van der Waals surface area contributed by atoms with E-state index in [1.165, 1.54) is 30.6 Å². The van der Waals surface area contributed by atoms with Crippen LogP contribution in [0.4, 0.5) is 0 Å². The van der Waals surface area contributed by atoms with E-state index in [2.05, 4.69) is 67.8 Å². The molecule has 0 bridgehead atoms. The summed E-state index contributed by atoms with van der Waals surface area (Å²) in [4.78, 5) is 2.45. The number of hydrazine groups is 1. The van der Waals surface area contributed by atoms with Crippen LogP contribution < -0.4 is 10.9 Å². The van der Waals surface area contributed by atoms with Crippen LogP contribution >= 0.6 is 0 Å². The average molecular weight is 273 g/mol. The predicted octanol–water partition coefficient (Wildman–Crippen LogP) is 2.45. The highest BCUT2D eigenvalue weighted by molar-refractivity contribution is 5.30. The second kappa shape index (κ2) is 5.14. The summed E-state index contributed by atoms with van der Waals surface area (Å²) in [6.45, 7) is 9.18. The van der Waals surface area contributed by atoms with Gasteiger partial charge >= 0.3 is 0 Å². The second-order valence-electron chi connectivity index (χ2n) is 7.46. The lowest BCUT2D eigenvalue weighted by atomic mass is 9.83. The van der Waals surface area contributed by atoms with Crippen LogP contribution in [0, 0.1) is 5.92 Å². The number of benzene rings is 1. The van der Waals surface area contributed by atoms with Crippen molar-refractivity contribution < 1.29 is 0 Å². The van der Waals surface area contributed by atoms with E-state index in [0.29, 0.717) is 18.0 Å². The first-order valence-electron chi connectivity index (χ1n) is 7.75. The van der Waals surface area contributed by atoms with Gasteiger partial charge in [-0.2, -0.15) is 0 Å². The van der Waals surface area contributed by atoms with Gasteiger partial charge in [-0.25, -0.2) is 5.43 Å². The molecule has 2 N–H and O–H groups in total. The third kappa shape index (κ3) is 2.62. The summed E-state index contributed by atoms with van der Waals surface area (Å²) in [5.74, 6) is 0.675. The van der Waals surface area contributed by atoms with E-state index in [0.717, 1.165) is 0 Å². The van der Waals surface area contributed by atoms with E-state index in [-0.39, 0.29) is 5.41 Å². The summed E-state index contributed by atoms with van der Waals surface area (Å²) < 4.78 is 0. The van der Waals surface area contributed by atoms with E-state index < -0.39 is 0 Å². The van der Waals surface area contributed by atoms with E-state index >= 15 is 0 Å². The molecule has 1 aromatic rings. The van der Waals surface area contributed by atoms with Gasteiger partial charge < -0.3 is 4.90 Å². The Kier molecular flexibility index (Phi) is 3.61. The maximum absolute atomic E-state index is 3.52. The van der Waals surface area contributed by atoms with E-state index in [9.17, 15) is 0 Å². The molecule has 0 aliphatic carbocycles. The first-order valence-corrected chi connectivity index (χ1v) is 7.75. The number of hydrogen-bond donors (Lipinski definition) is 2. The quantitative estimate of drug-likeness (QED) is 0.823. The van der Waals surface area contributed by atoms with Crippen molar-refractivity contribution in [3.05, 3.63) is 35.4 Å². The lowest BCUT2D eigenvalue weighted by Crippen LogP contribution is -2.43. The minimum Gasteiger partial charge on any atom is -0.306 e.